The largest absolute Gasteiger partial charge is 0.483 e. The molecule has 0 saturated carbocycles. The van der Waals surface area contributed by atoms with Gasteiger partial charge in [0, 0.05) is 34.5 Å². The van der Waals surface area contributed by atoms with Crippen LogP contribution in [-0.2, 0) is 11.3 Å². The van der Waals surface area contributed by atoms with E-state index in [0.717, 1.165) is 34.3 Å². The van der Waals surface area contributed by atoms with Crippen LogP contribution in [0.25, 0.3) is 0 Å². The molecule has 6 nitrogen and oxygen atoms in total. The van der Waals surface area contributed by atoms with Gasteiger partial charge in [0.05, 0.1) is 6.61 Å². The van der Waals surface area contributed by atoms with Crippen molar-refractivity contribution in [2.75, 3.05) is 25.1 Å². The summed E-state index contributed by atoms with van der Waals surface area (Å²) in [7, 11) is 0. The van der Waals surface area contributed by atoms with Crippen molar-refractivity contribution in [3.05, 3.63) is 82.5 Å². The van der Waals surface area contributed by atoms with Gasteiger partial charge in [0.15, 0.2) is 6.61 Å². The summed E-state index contributed by atoms with van der Waals surface area (Å²) >= 11 is 3.50. The number of aromatic nitrogens is 1. The maximum atomic E-state index is 12.2. The molecule has 3 aromatic rings. The molecule has 0 aliphatic heterocycles. The van der Waals surface area contributed by atoms with E-state index in [1.54, 1.807) is 6.20 Å². The Labute approximate surface area is 191 Å². The maximum Gasteiger partial charge on any atom is 0.262 e. The Morgan fingerprint density at radius 2 is 1.90 bits per heavy atom. The van der Waals surface area contributed by atoms with Crippen molar-refractivity contribution in [3.63, 3.8) is 0 Å². The second kappa shape index (κ2) is 12.1. The number of pyridine rings is 1. The van der Waals surface area contributed by atoms with Crippen LogP contribution >= 0.6 is 15.9 Å². The fourth-order valence-corrected chi connectivity index (χ4v) is 3.24. The van der Waals surface area contributed by atoms with Crippen LogP contribution in [0.2, 0.25) is 0 Å². The molecule has 2 aromatic carbocycles. The minimum Gasteiger partial charge on any atom is -0.483 e. The van der Waals surface area contributed by atoms with Crippen LogP contribution in [0.5, 0.6) is 11.6 Å². The molecule has 7 heteroatoms. The summed E-state index contributed by atoms with van der Waals surface area (Å²) in [5.41, 5.74) is 2.87. The maximum absolute atomic E-state index is 12.2. The first-order valence-corrected chi connectivity index (χ1v) is 10.9. The average molecular weight is 484 g/mol. The first-order valence-electron chi connectivity index (χ1n) is 10.1. The first kappa shape index (κ1) is 22.8. The van der Waals surface area contributed by atoms with Crippen molar-refractivity contribution >= 4 is 27.5 Å². The van der Waals surface area contributed by atoms with E-state index in [1.807, 2.05) is 67.6 Å². The Morgan fingerprint density at radius 1 is 1.06 bits per heavy atom. The monoisotopic (exact) mass is 483 g/mol. The molecule has 2 N–H and O–H groups in total. The number of halogens is 1. The zero-order valence-electron chi connectivity index (χ0n) is 17.4. The normalized spacial score (nSPS) is 10.5. The van der Waals surface area contributed by atoms with Gasteiger partial charge in [-0.1, -0.05) is 39.7 Å². The van der Waals surface area contributed by atoms with Crippen LogP contribution in [0.4, 0.5) is 5.69 Å². The fourth-order valence-electron chi connectivity index (χ4n) is 2.83. The molecule has 162 valence electrons. The smallest absolute Gasteiger partial charge is 0.262 e. The van der Waals surface area contributed by atoms with E-state index in [1.165, 1.54) is 0 Å². The zero-order chi connectivity index (χ0) is 21.9. The molecule has 0 saturated heterocycles. The number of aryl methyl sites for hydroxylation is 1. The van der Waals surface area contributed by atoms with Crippen molar-refractivity contribution in [2.45, 2.75) is 19.9 Å². The molecule has 0 aliphatic rings. The van der Waals surface area contributed by atoms with Gasteiger partial charge in [0.25, 0.3) is 5.91 Å². The van der Waals surface area contributed by atoms with E-state index >= 15 is 0 Å². The molecule has 0 bridgehead atoms. The van der Waals surface area contributed by atoms with Crippen LogP contribution < -0.4 is 20.1 Å². The van der Waals surface area contributed by atoms with E-state index in [4.69, 9.17) is 9.47 Å². The third kappa shape index (κ3) is 8.03. The lowest BCUT2D eigenvalue weighted by atomic mass is 10.2. The van der Waals surface area contributed by atoms with E-state index in [-0.39, 0.29) is 12.5 Å². The van der Waals surface area contributed by atoms with Gasteiger partial charge in [-0.25, -0.2) is 4.98 Å². The van der Waals surface area contributed by atoms with Crippen LogP contribution in [0.15, 0.2) is 71.3 Å². The number of carbonyl (C=O) groups excluding carboxylic acids is 1. The predicted octanol–water partition coefficient (Wildman–Crippen LogP) is 4.73. The number of rotatable bonds is 11. The summed E-state index contributed by atoms with van der Waals surface area (Å²) < 4.78 is 12.3. The van der Waals surface area contributed by atoms with E-state index < -0.39 is 0 Å². The van der Waals surface area contributed by atoms with E-state index in [9.17, 15) is 4.79 Å². The standard InChI is InChI=1S/C24H26BrN3O3/c1-18-6-9-21(10-7-18)28-23(29)17-31-22-11-8-20(25)15-19(22)16-26-12-4-14-30-24-5-2-3-13-27-24/h2-3,5-11,13,15,26H,4,12,14,16-17H2,1H3,(H,28,29). The number of anilines is 1. The molecule has 1 heterocycles. The number of nitrogens with zero attached hydrogens (tertiary/aromatic N) is 1. The van der Waals surface area contributed by atoms with Gasteiger partial charge in [0.2, 0.25) is 5.88 Å². The van der Waals surface area contributed by atoms with Gasteiger partial charge in [-0.05, 0) is 56.3 Å². The molecule has 0 unspecified atom stereocenters. The Bertz CT molecular complexity index is 966. The van der Waals surface area contributed by atoms with E-state index in [0.29, 0.717) is 24.8 Å². The number of amides is 1. The number of ether oxygens (including phenoxy) is 2. The average Bonchev–Trinajstić information content (AvgIpc) is 2.78. The van der Waals surface area contributed by atoms with Crippen molar-refractivity contribution in [3.8, 4) is 11.6 Å². The van der Waals surface area contributed by atoms with Crippen molar-refractivity contribution in [1.29, 1.82) is 0 Å². The number of nitrogens with one attached hydrogen (secondary N) is 2. The Morgan fingerprint density at radius 3 is 2.68 bits per heavy atom. The first-order chi connectivity index (χ1) is 15.1. The molecule has 3 rings (SSSR count). The number of benzene rings is 2. The topological polar surface area (TPSA) is 72.5 Å². The number of hydrogen-bond acceptors (Lipinski definition) is 5. The third-order valence-electron chi connectivity index (χ3n) is 4.42. The minimum atomic E-state index is -0.197. The van der Waals surface area contributed by atoms with Gasteiger partial charge < -0.3 is 20.1 Å². The summed E-state index contributed by atoms with van der Waals surface area (Å²) in [5, 5.41) is 6.23. The van der Waals surface area contributed by atoms with Gasteiger partial charge in [0.1, 0.15) is 5.75 Å². The highest BCUT2D eigenvalue weighted by Gasteiger charge is 2.08. The van der Waals surface area contributed by atoms with Crippen molar-refractivity contribution in [2.24, 2.45) is 0 Å². The Balaban J connectivity index is 1.42. The van der Waals surface area contributed by atoms with Crippen molar-refractivity contribution in [1.82, 2.24) is 10.3 Å². The summed E-state index contributed by atoms with van der Waals surface area (Å²) in [6.07, 6.45) is 2.56. The summed E-state index contributed by atoms with van der Waals surface area (Å²) in [6, 6.07) is 19.0. The molecule has 0 fully saturated rings. The number of hydrogen-bond donors (Lipinski definition) is 2. The summed E-state index contributed by atoms with van der Waals surface area (Å²) in [4.78, 5) is 16.4. The summed E-state index contributed by atoms with van der Waals surface area (Å²) in [5.74, 6) is 1.12. The quantitative estimate of drug-likeness (QED) is 0.385. The fraction of sp³-hybridized carbons (Fsp3) is 0.250. The predicted molar refractivity (Wildman–Crippen MR) is 126 cm³/mol. The molecular formula is C24H26BrN3O3. The third-order valence-corrected chi connectivity index (χ3v) is 4.91. The lowest BCUT2D eigenvalue weighted by Gasteiger charge is -2.13. The highest BCUT2D eigenvalue weighted by Crippen LogP contribution is 2.23. The number of carbonyl (C=O) groups is 1. The molecule has 0 spiro atoms. The van der Waals surface area contributed by atoms with Gasteiger partial charge >= 0.3 is 0 Å². The van der Waals surface area contributed by atoms with E-state index in [2.05, 4.69) is 31.5 Å². The zero-order valence-corrected chi connectivity index (χ0v) is 19.0. The van der Waals surface area contributed by atoms with Crippen LogP contribution in [0.3, 0.4) is 0 Å². The van der Waals surface area contributed by atoms with Crippen LogP contribution in [0, 0.1) is 6.92 Å². The van der Waals surface area contributed by atoms with Gasteiger partial charge in [-0.2, -0.15) is 0 Å². The molecule has 0 radical (unpaired) electrons. The highest BCUT2D eigenvalue weighted by atomic mass is 79.9. The summed E-state index contributed by atoms with van der Waals surface area (Å²) in [6.45, 7) is 3.95. The van der Waals surface area contributed by atoms with Crippen molar-refractivity contribution < 1.29 is 14.3 Å². The molecule has 1 amide bonds. The second-order valence-corrected chi connectivity index (χ2v) is 7.92. The second-order valence-electron chi connectivity index (χ2n) is 7.00. The Hall–Kier alpha value is -2.90. The molecular weight excluding hydrogens is 458 g/mol. The minimum absolute atomic E-state index is 0.0551. The molecule has 0 aliphatic carbocycles. The van der Waals surface area contributed by atoms with Crippen LogP contribution in [-0.4, -0.2) is 30.6 Å². The highest BCUT2D eigenvalue weighted by molar-refractivity contribution is 9.10. The van der Waals surface area contributed by atoms with Gasteiger partial charge in [-0.3, -0.25) is 4.79 Å². The lowest BCUT2D eigenvalue weighted by molar-refractivity contribution is -0.118. The Kier molecular flexibility index (Phi) is 8.87. The lowest BCUT2D eigenvalue weighted by Crippen LogP contribution is -2.21. The van der Waals surface area contributed by atoms with Gasteiger partial charge in [-0.15, -0.1) is 0 Å². The molecule has 0 atom stereocenters. The van der Waals surface area contributed by atoms with Crippen LogP contribution in [0.1, 0.15) is 17.5 Å². The SMILES string of the molecule is Cc1ccc(NC(=O)COc2ccc(Br)cc2CNCCCOc2ccccn2)cc1. The molecule has 1 aromatic heterocycles. The molecule has 31 heavy (non-hydrogen) atoms.